The third-order valence-electron chi connectivity index (χ3n) is 3.19. The van der Waals surface area contributed by atoms with Crippen LogP contribution >= 0.6 is 23.2 Å². The highest BCUT2D eigenvalue weighted by Gasteiger charge is 2.16. The van der Waals surface area contributed by atoms with E-state index in [1.54, 1.807) is 0 Å². The summed E-state index contributed by atoms with van der Waals surface area (Å²) in [4.78, 5) is 4.60. The van der Waals surface area contributed by atoms with E-state index >= 15 is 0 Å². The Morgan fingerprint density at radius 3 is 2.35 bits per heavy atom. The summed E-state index contributed by atoms with van der Waals surface area (Å²) in [6.07, 6.45) is 0.725. The van der Waals surface area contributed by atoms with E-state index in [1.807, 2.05) is 43.3 Å². The van der Waals surface area contributed by atoms with Crippen LogP contribution in [0.3, 0.4) is 0 Å². The summed E-state index contributed by atoms with van der Waals surface area (Å²) in [5.74, 6) is 0. The number of halogens is 2. The molecule has 1 atom stereocenters. The SMILES string of the molecule is CCNC(Cc1c(Cl)cccc1Cl)c1cccc(C)n1. The Kier molecular flexibility index (Phi) is 5.41. The monoisotopic (exact) mass is 308 g/mol. The fraction of sp³-hybridized carbons (Fsp3) is 0.312. The van der Waals surface area contributed by atoms with E-state index < -0.39 is 0 Å². The molecular formula is C16H18Cl2N2. The molecule has 0 amide bonds. The van der Waals surface area contributed by atoms with Crippen LogP contribution in [0.4, 0.5) is 0 Å². The number of rotatable bonds is 5. The standard InChI is InChI=1S/C16H18Cl2N2/c1-3-19-16(15-9-4-6-11(2)20-15)10-12-13(17)7-5-8-14(12)18/h4-9,16,19H,3,10H2,1-2H3. The van der Waals surface area contributed by atoms with Crippen LogP contribution in [0.5, 0.6) is 0 Å². The van der Waals surface area contributed by atoms with Gasteiger partial charge in [-0.05, 0) is 49.7 Å². The summed E-state index contributed by atoms with van der Waals surface area (Å²) in [6.45, 7) is 4.94. The summed E-state index contributed by atoms with van der Waals surface area (Å²) in [5, 5.41) is 4.85. The van der Waals surface area contributed by atoms with Crippen molar-refractivity contribution in [3.63, 3.8) is 0 Å². The van der Waals surface area contributed by atoms with Gasteiger partial charge in [0.05, 0.1) is 11.7 Å². The molecule has 2 rings (SSSR count). The molecule has 0 saturated carbocycles. The predicted molar refractivity (Wildman–Crippen MR) is 85.6 cm³/mol. The lowest BCUT2D eigenvalue weighted by Crippen LogP contribution is -2.24. The average molecular weight is 309 g/mol. The minimum Gasteiger partial charge on any atom is -0.309 e. The van der Waals surface area contributed by atoms with Crippen LogP contribution in [-0.2, 0) is 6.42 Å². The third kappa shape index (κ3) is 3.72. The molecule has 0 aliphatic heterocycles. The van der Waals surface area contributed by atoms with Gasteiger partial charge < -0.3 is 5.32 Å². The van der Waals surface area contributed by atoms with Gasteiger partial charge in [-0.3, -0.25) is 4.98 Å². The zero-order chi connectivity index (χ0) is 14.5. The molecule has 1 aromatic heterocycles. The van der Waals surface area contributed by atoms with E-state index in [1.165, 1.54) is 0 Å². The van der Waals surface area contributed by atoms with Crippen molar-refractivity contribution < 1.29 is 0 Å². The van der Waals surface area contributed by atoms with Gasteiger partial charge in [0, 0.05) is 15.7 Å². The lowest BCUT2D eigenvalue weighted by Gasteiger charge is -2.19. The van der Waals surface area contributed by atoms with E-state index in [-0.39, 0.29) is 6.04 Å². The number of nitrogens with one attached hydrogen (secondary N) is 1. The van der Waals surface area contributed by atoms with Gasteiger partial charge in [0.25, 0.3) is 0 Å². The maximum Gasteiger partial charge on any atom is 0.0579 e. The van der Waals surface area contributed by atoms with Crippen LogP contribution in [-0.4, -0.2) is 11.5 Å². The largest absolute Gasteiger partial charge is 0.309 e. The van der Waals surface area contributed by atoms with Crippen LogP contribution < -0.4 is 5.32 Å². The Bertz CT molecular complexity index is 564. The van der Waals surface area contributed by atoms with Gasteiger partial charge in [-0.1, -0.05) is 42.3 Å². The van der Waals surface area contributed by atoms with E-state index in [0.717, 1.165) is 29.9 Å². The molecule has 0 spiro atoms. The molecule has 0 fully saturated rings. The summed E-state index contributed by atoms with van der Waals surface area (Å²) in [6, 6.07) is 11.8. The van der Waals surface area contributed by atoms with Gasteiger partial charge >= 0.3 is 0 Å². The minimum absolute atomic E-state index is 0.109. The number of aryl methyl sites for hydroxylation is 1. The molecule has 0 saturated heterocycles. The number of aromatic nitrogens is 1. The van der Waals surface area contributed by atoms with Crippen molar-refractivity contribution in [2.75, 3.05) is 6.54 Å². The predicted octanol–water partition coefficient (Wildman–Crippen LogP) is 4.59. The first-order valence-corrected chi connectivity index (χ1v) is 7.47. The van der Waals surface area contributed by atoms with Crippen molar-refractivity contribution in [1.82, 2.24) is 10.3 Å². The molecule has 1 heterocycles. The molecule has 1 aromatic carbocycles. The van der Waals surface area contributed by atoms with Gasteiger partial charge in [-0.15, -0.1) is 0 Å². The highest BCUT2D eigenvalue weighted by molar-refractivity contribution is 6.36. The van der Waals surface area contributed by atoms with Crippen LogP contribution in [0, 0.1) is 6.92 Å². The van der Waals surface area contributed by atoms with E-state index in [0.29, 0.717) is 10.0 Å². The second-order valence-corrected chi connectivity index (χ2v) is 5.53. The Morgan fingerprint density at radius 2 is 1.75 bits per heavy atom. The third-order valence-corrected chi connectivity index (χ3v) is 3.90. The normalized spacial score (nSPS) is 12.4. The first-order valence-electron chi connectivity index (χ1n) is 6.71. The van der Waals surface area contributed by atoms with Crippen molar-refractivity contribution in [1.29, 1.82) is 0 Å². The molecule has 0 aliphatic carbocycles. The second kappa shape index (κ2) is 7.07. The number of likely N-dealkylation sites (N-methyl/N-ethyl adjacent to an activating group) is 1. The Labute approximate surface area is 130 Å². The maximum atomic E-state index is 6.26. The van der Waals surface area contributed by atoms with Gasteiger partial charge in [0.15, 0.2) is 0 Å². The second-order valence-electron chi connectivity index (χ2n) is 4.72. The minimum atomic E-state index is 0.109. The molecule has 1 N–H and O–H groups in total. The Hall–Kier alpha value is -1.09. The molecule has 0 radical (unpaired) electrons. The van der Waals surface area contributed by atoms with Gasteiger partial charge in [-0.25, -0.2) is 0 Å². The van der Waals surface area contributed by atoms with Crippen molar-refractivity contribution in [3.05, 3.63) is 63.4 Å². The Balaban J connectivity index is 2.30. The van der Waals surface area contributed by atoms with Gasteiger partial charge in [-0.2, -0.15) is 0 Å². The zero-order valence-corrected chi connectivity index (χ0v) is 13.2. The maximum absolute atomic E-state index is 6.26. The molecule has 4 heteroatoms. The summed E-state index contributed by atoms with van der Waals surface area (Å²) < 4.78 is 0. The average Bonchev–Trinajstić information content (AvgIpc) is 2.42. The highest BCUT2D eigenvalue weighted by atomic mass is 35.5. The fourth-order valence-corrected chi connectivity index (χ4v) is 2.77. The highest BCUT2D eigenvalue weighted by Crippen LogP contribution is 2.28. The molecule has 2 nitrogen and oxygen atoms in total. The van der Waals surface area contributed by atoms with Crippen molar-refractivity contribution in [2.24, 2.45) is 0 Å². The molecule has 2 aromatic rings. The van der Waals surface area contributed by atoms with E-state index in [9.17, 15) is 0 Å². The molecule has 106 valence electrons. The van der Waals surface area contributed by atoms with Crippen LogP contribution in [0.1, 0.15) is 29.9 Å². The summed E-state index contributed by atoms with van der Waals surface area (Å²) in [7, 11) is 0. The molecule has 1 unspecified atom stereocenters. The van der Waals surface area contributed by atoms with E-state index in [4.69, 9.17) is 23.2 Å². The smallest absolute Gasteiger partial charge is 0.0579 e. The molecule has 20 heavy (non-hydrogen) atoms. The quantitative estimate of drug-likeness (QED) is 0.874. The molecule has 0 bridgehead atoms. The van der Waals surface area contributed by atoms with Crippen LogP contribution in [0.2, 0.25) is 10.0 Å². The van der Waals surface area contributed by atoms with Crippen LogP contribution in [0.25, 0.3) is 0 Å². The zero-order valence-electron chi connectivity index (χ0n) is 11.7. The van der Waals surface area contributed by atoms with Crippen molar-refractivity contribution in [3.8, 4) is 0 Å². The summed E-state index contributed by atoms with van der Waals surface area (Å²) >= 11 is 12.5. The number of pyridine rings is 1. The lowest BCUT2D eigenvalue weighted by atomic mass is 10.0. The lowest BCUT2D eigenvalue weighted by molar-refractivity contribution is 0.536. The summed E-state index contributed by atoms with van der Waals surface area (Å²) in [5.41, 5.74) is 2.99. The number of nitrogens with zero attached hydrogens (tertiary/aromatic N) is 1. The van der Waals surface area contributed by atoms with E-state index in [2.05, 4.69) is 17.2 Å². The number of hydrogen-bond donors (Lipinski definition) is 1. The topological polar surface area (TPSA) is 24.9 Å². The molecular weight excluding hydrogens is 291 g/mol. The first-order chi connectivity index (χ1) is 9.61. The number of hydrogen-bond acceptors (Lipinski definition) is 2. The van der Waals surface area contributed by atoms with Crippen molar-refractivity contribution in [2.45, 2.75) is 26.3 Å². The van der Waals surface area contributed by atoms with Gasteiger partial charge in [0.2, 0.25) is 0 Å². The Morgan fingerprint density at radius 1 is 1.10 bits per heavy atom. The number of benzene rings is 1. The van der Waals surface area contributed by atoms with Crippen molar-refractivity contribution >= 4 is 23.2 Å². The fourth-order valence-electron chi connectivity index (χ4n) is 2.22. The molecule has 0 aliphatic rings. The van der Waals surface area contributed by atoms with Gasteiger partial charge in [0.1, 0.15) is 0 Å². The van der Waals surface area contributed by atoms with Crippen LogP contribution in [0.15, 0.2) is 36.4 Å². The first kappa shape index (κ1) is 15.3.